The van der Waals surface area contributed by atoms with Crippen molar-refractivity contribution >= 4 is 17.7 Å². The van der Waals surface area contributed by atoms with E-state index in [0.29, 0.717) is 18.5 Å². The number of esters is 1. The molecular weight excluding hydrogens is 305 g/mol. The summed E-state index contributed by atoms with van der Waals surface area (Å²) in [7, 11) is 0. The highest BCUT2D eigenvalue weighted by Crippen LogP contribution is 2.35. The van der Waals surface area contributed by atoms with Crippen LogP contribution in [-0.2, 0) is 28.5 Å². The normalized spacial score (nSPS) is 14.7. The monoisotopic (exact) mass is 320 g/mol. The predicted molar refractivity (Wildman–Crippen MR) is 71.0 cm³/mol. The predicted octanol–water partition coefficient (Wildman–Crippen LogP) is 3.03. The van der Waals surface area contributed by atoms with Crippen LogP contribution in [0.5, 0.6) is 0 Å². The van der Waals surface area contributed by atoms with Gasteiger partial charge in [0.25, 0.3) is 0 Å². The zero-order valence-electron chi connectivity index (χ0n) is 11.5. The number of hydrogen-bond donors (Lipinski definition) is 0. The van der Waals surface area contributed by atoms with Crippen LogP contribution in [0.1, 0.15) is 36.7 Å². The highest BCUT2D eigenvalue weighted by Gasteiger charge is 2.38. The fourth-order valence-electron chi connectivity index (χ4n) is 2.20. The van der Waals surface area contributed by atoms with Crippen molar-refractivity contribution < 1.29 is 22.7 Å². The van der Waals surface area contributed by atoms with Gasteiger partial charge in [-0.25, -0.2) is 9.97 Å². The fraction of sp³-hybridized carbons (Fsp3) is 0.615. The van der Waals surface area contributed by atoms with Crippen LogP contribution in [0, 0.1) is 0 Å². The van der Waals surface area contributed by atoms with Gasteiger partial charge in [0.2, 0.25) is 0 Å². The average molecular weight is 320 g/mol. The molecule has 1 aliphatic rings. The molecule has 2 rings (SSSR count). The molecule has 1 heterocycles. The fourth-order valence-corrected chi connectivity index (χ4v) is 2.86. The molecule has 0 saturated heterocycles. The summed E-state index contributed by atoms with van der Waals surface area (Å²) in [6.07, 6.45) is -2.08. The van der Waals surface area contributed by atoms with Gasteiger partial charge < -0.3 is 4.74 Å². The summed E-state index contributed by atoms with van der Waals surface area (Å²) in [6, 6.07) is 0. The molecule has 0 aromatic carbocycles. The molecule has 0 atom stereocenters. The quantitative estimate of drug-likeness (QED) is 0.485. The molecule has 1 aromatic heterocycles. The molecule has 0 amide bonds. The first-order chi connectivity index (χ1) is 9.91. The molecule has 0 fully saturated rings. The van der Waals surface area contributed by atoms with Crippen molar-refractivity contribution in [2.75, 3.05) is 12.4 Å². The molecular formula is C13H15F3N2O2S. The number of alkyl halides is 3. The van der Waals surface area contributed by atoms with Crippen LogP contribution in [0.25, 0.3) is 0 Å². The van der Waals surface area contributed by atoms with E-state index < -0.39 is 17.8 Å². The summed E-state index contributed by atoms with van der Waals surface area (Å²) in [6.45, 7) is 1.90. The van der Waals surface area contributed by atoms with Crippen molar-refractivity contribution in [2.45, 2.75) is 43.9 Å². The first-order valence-electron chi connectivity index (χ1n) is 6.67. The van der Waals surface area contributed by atoms with Gasteiger partial charge in [-0.15, -0.1) is 0 Å². The topological polar surface area (TPSA) is 52.1 Å². The third kappa shape index (κ3) is 4.09. The first kappa shape index (κ1) is 16.1. The lowest BCUT2D eigenvalue weighted by atomic mass is 9.94. The van der Waals surface area contributed by atoms with Gasteiger partial charge in [-0.05, 0) is 32.6 Å². The second-order valence-corrected chi connectivity index (χ2v) is 5.52. The molecule has 116 valence electrons. The van der Waals surface area contributed by atoms with Gasteiger partial charge in [0.15, 0.2) is 10.9 Å². The number of fused-ring (bicyclic) bond motifs is 1. The van der Waals surface area contributed by atoms with E-state index in [9.17, 15) is 18.0 Å². The molecule has 4 nitrogen and oxygen atoms in total. The number of ether oxygens (including phenoxy) is 1. The van der Waals surface area contributed by atoms with Crippen LogP contribution in [0.15, 0.2) is 5.16 Å². The minimum Gasteiger partial charge on any atom is -0.465 e. The third-order valence-electron chi connectivity index (χ3n) is 3.06. The standard InChI is InChI=1S/C13H15F3N2O2S/c1-2-20-10(19)7-21-12-17-9-6-4-3-5-8(9)11(18-12)13(14,15)16/h2-7H2,1H3. The van der Waals surface area contributed by atoms with E-state index in [1.54, 1.807) is 6.92 Å². The van der Waals surface area contributed by atoms with Crippen LogP contribution in [-0.4, -0.2) is 28.3 Å². The third-order valence-corrected chi connectivity index (χ3v) is 3.88. The maximum atomic E-state index is 13.1. The van der Waals surface area contributed by atoms with Crippen molar-refractivity contribution in [1.82, 2.24) is 9.97 Å². The summed E-state index contributed by atoms with van der Waals surface area (Å²) in [5.74, 6) is -0.582. The van der Waals surface area contributed by atoms with Gasteiger partial charge in [-0.2, -0.15) is 13.2 Å². The van der Waals surface area contributed by atoms with Gasteiger partial charge in [0.05, 0.1) is 12.4 Å². The van der Waals surface area contributed by atoms with Crippen LogP contribution in [0.4, 0.5) is 13.2 Å². The Morgan fingerprint density at radius 3 is 2.67 bits per heavy atom. The van der Waals surface area contributed by atoms with E-state index in [1.807, 2.05) is 0 Å². The van der Waals surface area contributed by atoms with Gasteiger partial charge >= 0.3 is 12.1 Å². The van der Waals surface area contributed by atoms with E-state index in [-0.39, 0.29) is 23.1 Å². The first-order valence-corrected chi connectivity index (χ1v) is 7.65. The number of aromatic nitrogens is 2. The number of carbonyl (C=O) groups is 1. The zero-order chi connectivity index (χ0) is 15.5. The molecule has 0 saturated carbocycles. The Balaban J connectivity index is 2.25. The Morgan fingerprint density at radius 1 is 1.29 bits per heavy atom. The Morgan fingerprint density at radius 2 is 2.00 bits per heavy atom. The van der Waals surface area contributed by atoms with E-state index in [2.05, 4.69) is 9.97 Å². The van der Waals surface area contributed by atoms with E-state index in [4.69, 9.17) is 4.74 Å². The van der Waals surface area contributed by atoms with Gasteiger partial charge in [-0.1, -0.05) is 11.8 Å². The van der Waals surface area contributed by atoms with Crippen molar-refractivity contribution in [3.63, 3.8) is 0 Å². The van der Waals surface area contributed by atoms with E-state index >= 15 is 0 Å². The summed E-state index contributed by atoms with van der Waals surface area (Å²) in [5, 5.41) is -0.0176. The second-order valence-electron chi connectivity index (χ2n) is 4.58. The lowest BCUT2D eigenvalue weighted by Crippen LogP contribution is -2.19. The molecule has 0 bridgehead atoms. The minimum absolute atomic E-state index is 0.0176. The molecule has 0 unspecified atom stereocenters. The lowest BCUT2D eigenvalue weighted by Gasteiger charge is -2.20. The van der Waals surface area contributed by atoms with Crippen molar-refractivity contribution in [2.24, 2.45) is 0 Å². The molecule has 8 heteroatoms. The van der Waals surface area contributed by atoms with E-state index in [1.165, 1.54) is 0 Å². The minimum atomic E-state index is -4.50. The molecule has 0 N–H and O–H groups in total. The Hall–Kier alpha value is -1.31. The number of thioether (sulfide) groups is 1. The lowest BCUT2D eigenvalue weighted by molar-refractivity contribution is -0.142. The van der Waals surface area contributed by atoms with Crippen LogP contribution >= 0.6 is 11.8 Å². The molecule has 0 radical (unpaired) electrons. The summed E-state index contributed by atoms with van der Waals surface area (Å²) >= 11 is 0.875. The van der Waals surface area contributed by atoms with Crippen LogP contribution < -0.4 is 0 Å². The number of carbonyl (C=O) groups excluding carboxylic acids is 1. The highest BCUT2D eigenvalue weighted by atomic mass is 32.2. The van der Waals surface area contributed by atoms with Crippen LogP contribution in [0.3, 0.4) is 0 Å². The molecule has 0 aliphatic heterocycles. The number of rotatable bonds is 4. The maximum absolute atomic E-state index is 13.1. The average Bonchev–Trinajstić information content (AvgIpc) is 2.43. The van der Waals surface area contributed by atoms with Crippen molar-refractivity contribution in [3.8, 4) is 0 Å². The van der Waals surface area contributed by atoms with Gasteiger partial charge in [0.1, 0.15) is 0 Å². The van der Waals surface area contributed by atoms with Crippen molar-refractivity contribution in [3.05, 3.63) is 17.0 Å². The maximum Gasteiger partial charge on any atom is 0.433 e. The Kier molecular flexibility index (Phi) is 5.08. The Bertz CT molecular complexity index is 535. The summed E-state index contributed by atoms with van der Waals surface area (Å²) in [5.41, 5.74) is -0.206. The number of aryl methyl sites for hydroxylation is 1. The summed E-state index contributed by atoms with van der Waals surface area (Å²) < 4.78 is 44.0. The van der Waals surface area contributed by atoms with Gasteiger partial charge in [-0.3, -0.25) is 4.79 Å². The zero-order valence-corrected chi connectivity index (χ0v) is 12.3. The largest absolute Gasteiger partial charge is 0.465 e. The molecule has 21 heavy (non-hydrogen) atoms. The van der Waals surface area contributed by atoms with Gasteiger partial charge in [0, 0.05) is 11.3 Å². The van der Waals surface area contributed by atoms with Crippen LogP contribution in [0.2, 0.25) is 0 Å². The number of hydrogen-bond acceptors (Lipinski definition) is 5. The molecule has 1 aromatic rings. The van der Waals surface area contributed by atoms with E-state index in [0.717, 1.165) is 24.6 Å². The smallest absolute Gasteiger partial charge is 0.433 e. The second kappa shape index (κ2) is 6.64. The molecule has 1 aliphatic carbocycles. The number of halogens is 3. The highest BCUT2D eigenvalue weighted by molar-refractivity contribution is 7.99. The number of nitrogens with zero attached hydrogens (tertiary/aromatic N) is 2. The summed E-state index contributed by atoms with van der Waals surface area (Å²) in [4.78, 5) is 19.0. The van der Waals surface area contributed by atoms with Crippen molar-refractivity contribution in [1.29, 1.82) is 0 Å². The molecule has 0 spiro atoms. The Labute approximate surface area is 124 Å². The SMILES string of the molecule is CCOC(=O)CSc1nc2c(c(C(F)(F)F)n1)CCCC2.